The van der Waals surface area contributed by atoms with Crippen molar-refractivity contribution in [3.8, 4) is 10.6 Å². The molecule has 0 bridgehead atoms. The lowest BCUT2D eigenvalue weighted by Crippen LogP contribution is -2.04. The second-order valence-corrected chi connectivity index (χ2v) is 8.42. The summed E-state index contributed by atoms with van der Waals surface area (Å²) in [4.78, 5) is 19.8. The molecule has 0 unspecified atom stereocenters. The molecule has 3 heterocycles. The van der Waals surface area contributed by atoms with Crippen molar-refractivity contribution in [3.05, 3.63) is 68.3 Å². The first-order chi connectivity index (χ1) is 12.5. The van der Waals surface area contributed by atoms with Gasteiger partial charge in [-0.05, 0) is 35.2 Å². The van der Waals surface area contributed by atoms with Crippen LogP contribution in [0.15, 0.2) is 47.8 Å². The molecule has 0 fully saturated rings. The minimum Gasteiger partial charge on any atom is -0.397 e. The van der Waals surface area contributed by atoms with Crippen LogP contribution in [-0.4, -0.2) is 10.8 Å². The lowest BCUT2D eigenvalue weighted by molar-refractivity contribution is 0.0997. The number of carbonyl (C=O) groups is 1. The van der Waals surface area contributed by atoms with Gasteiger partial charge in [0.05, 0.1) is 31.2 Å². The molecule has 130 valence electrons. The van der Waals surface area contributed by atoms with E-state index in [9.17, 15) is 4.79 Å². The van der Waals surface area contributed by atoms with Crippen LogP contribution in [0.2, 0.25) is 10.0 Å². The van der Waals surface area contributed by atoms with Gasteiger partial charge in [-0.1, -0.05) is 41.4 Å². The maximum absolute atomic E-state index is 12.8. The van der Waals surface area contributed by atoms with E-state index in [1.165, 1.54) is 11.3 Å². The number of aromatic nitrogens is 1. The molecule has 4 rings (SSSR count). The number of nitrogens with two attached hydrogens (primary N) is 1. The minimum absolute atomic E-state index is 0.0904. The molecule has 3 nitrogen and oxygen atoms in total. The summed E-state index contributed by atoms with van der Waals surface area (Å²) in [5.74, 6) is -0.0904. The monoisotopic (exact) mass is 418 g/mol. The summed E-state index contributed by atoms with van der Waals surface area (Å²) in [5.41, 5.74) is 8.26. The van der Waals surface area contributed by atoms with E-state index in [1.54, 1.807) is 29.5 Å². The van der Waals surface area contributed by atoms with E-state index in [1.807, 2.05) is 29.6 Å². The Balaban J connectivity index is 1.71. The van der Waals surface area contributed by atoms with Gasteiger partial charge in [0.1, 0.15) is 4.83 Å². The van der Waals surface area contributed by atoms with E-state index < -0.39 is 0 Å². The average Bonchev–Trinajstić information content (AvgIpc) is 3.27. The molecular formula is C19H12Cl2N2OS2. The first-order valence-electron chi connectivity index (χ1n) is 7.73. The number of halogens is 2. The fraction of sp³-hybridized carbons (Fsp3) is 0.0526. The number of Topliss-reactive ketones (excluding diaryl/α,β-unsaturated/α-hetero) is 1. The lowest BCUT2D eigenvalue weighted by Gasteiger charge is -2.04. The molecule has 0 saturated heterocycles. The third kappa shape index (κ3) is 3.12. The van der Waals surface area contributed by atoms with Crippen molar-refractivity contribution in [2.24, 2.45) is 0 Å². The minimum atomic E-state index is -0.0904. The van der Waals surface area contributed by atoms with Crippen molar-refractivity contribution >= 4 is 67.6 Å². The third-order valence-corrected chi connectivity index (χ3v) is 6.91. The summed E-state index contributed by atoms with van der Waals surface area (Å²) >= 11 is 15.2. The summed E-state index contributed by atoms with van der Waals surface area (Å²) < 4.78 is 0. The number of nitrogen functional groups attached to an aromatic ring is 1. The molecule has 0 aliphatic rings. The van der Waals surface area contributed by atoms with Crippen molar-refractivity contribution in [1.82, 2.24) is 4.98 Å². The number of thiophene rings is 2. The lowest BCUT2D eigenvalue weighted by atomic mass is 10.1. The fourth-order valence-electron chi connectivity index (χ4n) is 2.70. The Morgan fingerprint density at radius 1 is 1.12 bits per heavy atom. The number of hydrogen-bond donors (Lipinski definition) is 1. The topological polar surface area (TPSA) is 56.0 Å². The van der Waals surface area contributed by atoms with Gasteiger partial charge < -0.3 is 5.73 Å². The molecule has 4 aromatic rings. The number of ketones is 1. The predicted molar refractivity (Wildman–Crippen MR) is 112 cm³/mol. The van der Waals surface area contributed by atoms with Crippen LogP contribution in [0.5, 0.6) is 0 Å². The molecule has 0 atom stereocenters. The smallest absolute Gasteiger partial charge is 0.179 e. The van der Waals surface area contributed by atoms with Gasteiger partial charge in [-0.3, -0.25) is 4.79 Å². The quantitative estimate of drug-likeness (QED) is 0.393. The van der Waals surface area contributed by atoms with Gasteiger partial charge in [0, 0.05) is 11.8 Å². The first-order valence-corrected chi connectivity index (χ1v) is 10.2. The SMILES string of the molecule is Nc1c(C(=O)Cc2cccc(Cl)c2Cl)sc2nc(-c3cccs3)ccc12. The summed E-state index contributed by atoms with van der Waals surface area (Å²) in [6.07, 6.45) is 0.147. The van der Waals surface area contributed by atoms with Crippen molar-refractivity contribution in [2.75, 3.05) is 5.73 Å². The van der Waals surface area contributed by atoms with Gasteiger partial charge in [0.2, 0.25) is 0 Å². The first kappa shape index (κ1) is 17.5. The third-order valence-electron chi connectivity index (χ3n) is 4.00. The van der Waals surface area contributed by atoms with Gasteiger partial charge >= 0.3 is 0 Å². The molecule has 3 aromatic heterocycles. The number of hydrogen-bond acceptors (Lipinski definition) is 5. The average molecular weight is 419 g/mol. The standard InChI is InChI=1S/C19H12Cl2N2OS2/c20-12-4-1-3-10(16(12)21)9-14(24)18-17(22)11-6-7-13(23-19(11)26-18)15-5-2-8-25-15/h1-8H,9,22H2. The molecule has 0 saturated carbocycles. The Morgan fingerprint density at radius 2 is 1.96 bits per heavy atom. The van der Waals surface area contributed by atoms with Crippen LogP contribution in [-0.2, 0) is 6.42 Å². The second-order valence-electron chi connectivity index (χ2n) is 5.68. The number of rotatable bonds is 4. The van der Waals surface area contributed by atoms with Crippen LogP contribution in [0, 0.1) is 0 Å². The largest absolute Gasteiger partial charge is 0.397 e. The van der Waals surface area contributed by atoms with E-state index in [-0.39, 0.29) is 12.2 Å². The Kier molecular flexibility index (Phi) is 4.71. The Hall–Kier alpha value is -1.92. The van der Waals surface area contributed by atoms with E-state index in [2.05, 4.69) is 4.98 Å². The van der Waals surface area contributed by atoms with E-state index in [4.69, 9.17) is 28.9 Å². The van der Waals surface area contributed by atoms with Crippen molar-refractivity contribution in [2.45, 2.75) is 6.42 Å². The highest BCUT2D eigenvalue weighted by atomic mass is 35.5. The van der Waals surface area contributed by atoms with Gasteiger partial charge in [-0.2, -0.15) is 0 Å². The molecule has 0 spiro atoms. The van der Waals surface area contributed by atoms with Crippen LogP contribution in [0.3, 0.4) is 0 Å². The summed E-state index contributed by atoms with van der Waals surface area (Å²) in [6, 6.07) is 13.1. The number of pyridine rings is 1. The Bertz CT molecular complexity index is 1120. The summed E-state index contributed by atoms with van der Waals surface area (Å²) in [6.45, 7) is 0. The molecular weight excluding hydrogens is 407 g/mol. The van der Waals surface area contributed by atoms with Crippen LogP contribution in [0.4, 0.5) is 5.69 Å². The zero-order valence-electron chi connectivity index (χ0n) is 13.3. The van der Waals surface area contributed by atoms with E-state index in [0.717, 1.165) is 20.8 Å². The predicted octanol–water partition coefficient (Wildman–Crippen LogP) is 6.34. The number of anilines is 1. The maximum atomic E-state index is 12.8. The molecule has 1 aromatic carbocycles. The Morgan fingerprint density at radius 3 is 2.73 bits per heavy atom. The van der Waals surface area contributed by atoms with E-state index in [0.29, 0.717) is 26.2 Å². The van der Waals surface area contributed by atoms with Crippen molar-refractivity contribution in [1.29, 1.82) is 0 Å². The van der Waals surface area contributed by atoms with Crippen molar-refractivity contribution < 1.29 is 4.79 Å². The molecule has 0 aliphatic carbocycles. The molecule has 2 N–H and O–H groups in total. The van der Waals surface area contributed by atoms with Crippen LogP contribution in [0.1, 0.15) is 15.2 Å². The van der Waals surface area contributed by atoms with Gasteiger partial charge in [0.15, 0.2) is 5.78 Å². The molecule has 7 heteroatoms. The van der Waals surface area contributed by atoms with Crippen LogP contribution in [0.25, 0.3) is 20.8 Å². The van der Waals surface area contributed by atoms with Gasteiger partial charge in [0.25, 0.3) is 0 Å². The number of fused-ring (bicyclic) bond motifs is 1. The molecule has 0 aliphatic heterocycles. The highest BCUT2D eigenvalue weighted by Crippen LogP contribution is 2.36. The second kappa shape index (κ2) is 7.00. The maximum Gasteiger partial charge on any atom is 0.179 e. The summed E-state index contributed by atoms with van der Waals surface area (Å²) in [5, 5.41) is 3.65. The highest BCUT2D eigenvalue weighted by Gasteiger charge is 2.19. The Labute approximate surface area is 168 Å². The number of nitrogens with zero attached hydrogens (tertiary/aromatic N) is 1. The van der Waals surface area contributed by atoms with Crippen LogP contribution >= 0.6 is 45.9 Å². The molecule has 0 amide bonds. The number of carbonyl (C=O) groups excluding carboxylic acids is 1. The van der Waals surface area contributed by atoms with Gasteiger partial charge in [-0.15, -0.1) is 22.7 Å². The van der Waals surface area contributed by atoms with Gasteiger partial charge in [-0.25, -0.2) is 4.98 Å². The van der Waals surface area contributed by atoms with Crippen molar-refractivity contribution in [3.63, 3.8) is 0 Å². The van der Waals surface area contributed by atoms with Crippen LogP contribution < -0.4 is 5.73 Å². The summed E-state index contributed by atoms with van der Waals surface area (Å²) in [7, 11) is 0. The highest BCUT2D eigenvalue weighted by molar-refractivity contribution is 7.21. The van der Waals surface area contributed by atoms with E-state index >= 15 is 0 Å². The number of benzene rings is 1. The molecule has 0 radical (unpaired) electrons. The fourth-order valence-corrected chi connectivity index (χ4v) is 4.82. The molecule has 26 heavy (non-hydrogen) atoms. The zero-order valence-corrected chi connectivity index (χ0v) is 16.5. The zero-order chi connectivity index (χ0) is 18.3. The normalized spacial score (nSPS) is 11.2.